The van der Waals surface area contributed by atoms with E-state index in [0.29, 0.717) is 22.5 Å². The largest absolute Gasteiger partial charge is 0.407 e. The van der Waals surface area contributed by atoms with E-state index in [1.165, 1.54) is 0 Å². The van der Waals surface area contributed by atoms with Crippen LogP contribution in [-0.4, -0.2) is 28.6 Å². The number of aromatic nitrogens is 2. The topological polar surface area (TPSA) is 88.3 Å². The smallest absolute Gasteiger partial charge is 0.322 e. The van der Waals surface area contributed by atoms with E-state index in [1.807, 2.05) is 36.4 Å². The Hall–Kier alpha value is -3.00. The molecule has 0 bridgehead atoms. The van der Waals surface area contributed by atoms with Gasteiger partial charge in [-0.1, -0.05) is 35.4 Å². The Balaban J connectivity index is 1.46. The first-order chi connectivity index (χ1) is 13.1. The molecule has 1 aliphatic rings. The molecular formula is C19H15BrN4O3. The highest BCUT2D eigenvalue weighted by Gasteiger charge is 2.35. The number of hydrogen-bond acceptors (Lipinski definition) is 5. The summed E-state index contributed by atoms with van der Waals surface area (Å²) in [5, 5.41) is 10.5. The maximum atomic E-state index is 12.3. The molecule has 3 aromatic rings. The Bertz CT molecular complexity index is 989. The molecule has 1 aliphatic heterocycles. The summed E-state index contributed by atoms with van der Waals surface area (Å²) in [6, 6.07) is 16.5. The van der Waals surface area contributed by atoms with Crippen molar-refractivity contribution in [3.05, 3.63) is 70.5 Å². The van der Waals surface area contributed by atoms with Gasteiger partial charge in [-0.05, 0) is 40.2 Å². The lowest BCUT2D eigenvalue weighted by Crippen LogP contribution is -2.24. The van der Waals surface area contributed by atoms with Gasteiger partial charge in [0.15, 0.2) is 0 Å². The van der Waals surface area contributed by atoms with E-state index in [-0.39, 0.29) is 30.2 Å². The average molecular weight is 427 g/mol. The van der Waals surface area contributed by atoms with Gasteiger partial charge >= 0.3 is 6.01 Å². The maximum Gasteiger partial charge on any atom is 0.322 e. The lowest BCUT2D eigenvalue weighted by Gasteiger charge is -2.15. The van der Waals surface area contributed by atoms with Crippen LogP contribution in [0.2, 0.25) is 0 Å². The number of hydrogen-bond donors (Lipinski definition) is 1. The van der Waals surface area contributed by atoms with Crippen LogP contribution in [-0.2, 0) is 4.79 Å². The number of anilines is 2. The van der Waals surface area contributed by atoms with Crippen LogP contribution in [0.1, 0.15) is 28.6 Å². The van der Waals surface area contributed by atoms with Gasteiger partial charge in [-0.25, -0.2) is 0 Å². The number of nitrogens with zero attached hydrogens (tertiary/aromatic N) is 3. The molecule has 1 N–H and O–H groups in total. The molecule has 2 heterocycles. The summed E-state index contributed by atoms with van der Waals surface area (Å²) in [6.45, 7) is 0.461. The zero-order valence-electron chi connectivity index (χ0n) is 14.1. The van der Waals surface area contributed by atoms with E-state index < -0.39 is 0 Å². The third-order valence-electron chi connectivity index (χ3n) is 4.32. The van der Waals surface area contributed by atoms with Crippen molar-refractivity contribution in [1.29, 1.82) is 0 Å². The van der Waals surface area contributed by atoms with Gasteiger partial charge in [0.25, 0.3) is 5.91 Å². The SMILES string of the molecule is O=C(Nc1nnc([C@H]2CC(=O)N(c3ccccc3)C2)o1)c1ccccc1Br. The molecule has 1 atom stereocenters. The molecule has 0 saturated carbocycles. The molecule has 0 unspecified atom stereocenters. The first-order valence-electron chi connectivity index (χ1n) is 8.36. The van der Waals surface area contributed by atoms with Gasteiger partial charge in [0.05, 0.1) is 11.5 Å². The molecule has 1 saturated heterocycles. The average Bonchev–Trinajstić information content (AvgIpc) is 3.29. The van der Waals surface area contributed by atoms with Crippen molar-refractivity contribution in [2.24, 2.45) is 0 Å². The van der Waals surface area contributed by atoms with E-state index >= 15 is 0 Å². The predicted molar refractivity (Wildman–Crippen MR) is 103 cm³/mol. The number of nitrogens with one attached hydrogen (secondary N) is 1. The zero-order valence-corrected chi connectivity index (χ0v) is 15.7. The Morgan fingerprint density at radius 3 is 2.63 bits per heavy atom. The minimum atomic E-state index is -0.355. The number of carbonyl (C=O) groups is 2. The van der Waals surface area contributed by atoms with Crippen LogP contribution in [0.15, 0.2) is 63.5 Å². The Morgan fingerprint density at radius 2 is 1.85 bits per heavy atom. The molecular weight excluding hydrogens is 412 g/mol. The van der Waals surface area contributed by atoms with Crippen molar-refractivity contribution in [3.63, 3.8) is 0 Å². The molecule has 2 amide bonds. The van der Waals surface area contributed by atoms with Crippen molar-refractivity contribution < 1.29 is 14.0 Å². The summed E-state index contributed by atoms with van der Waals surface area (Å²) in [5.74, 6) is -0.224. The van der Waals surface area contributed by atoms with Gasteiger partial charge < -0.3 is 9.32 Å². The van der Waals surface area contributed by atoms with Crippen molar-refractivity contribution in [3.8, 4) is 0 Å². The molecule has 1 aromatic heterocycles. The Kier molecular flexibility index (Phi) is 4.72. The molecule has 1 fully saturated rings. The number of rotatable bonds is 4. The van der Waals surface area contributed by atoms with E-state index in [9.17, 15) is 9.59 Å². The molecule has 27 heavy (non-hydrogen) atoms. The normalized spacial score (nSPS) is 16.6. The van der Waals surface area contributed by atoms with Crippen LogP contribution in [0.25, 0.3) is 0 Å². The molecule has 2 aromatic carbocycles. The van der Waals surface area contributed by atoms with Gasteiger partial charge in [0.2, 0.25) is 11.8 Å². The molecule has 8 heteroatoms. The van der Waals surface area contributed by atoms with Crippen LogP contribution in [0, 0.1) is 0 Å². The first kappa shape index (κ1) is 17.4. The third kappa shape index (κ3) is 3.61. The number of para-hydroxylation sites is 1. The molecule has 0 spiro atoms. The number of halogens is 1. The van der Waals surface area contributed by atoms with Gasteiger partial charge in [0.1, 0.15) is 0 Å². The lowest BCUT2D eigenvalue weighted by molar-refractivity contribution is -0.117. The summed E-state index contributed by atoms with van der Waals surface area (Å²) in [5.41, 5.74) is 1.30. The fourth-order valence-electron chi connectivity index (χ4n) is 2.99. The van der Waals surface area contributed by atoms with Crippen molar-refractivity contribution in [1.82, 2.24) is 10.2 Å². The van der Waals surface area contributed by atoms with E-state index in [1.54, 1.807) is 23.1 Å². The summed E-state index contributed by atoms with van der Waals surface area (Å²) >= 11 is 3.33. The highest BCUT2D eigenvalue weighted by molar-refractivity contribution is 9.10. The minimum Gasteiger partial charge on any atom is -0.407 e. The second kappa shape index (κ2) is 7.32. The monoisotopic (exact) mass is 426 g/mol. The summed E-state index contributed by atoms with van der Waals surface area (Å²) < 4.78 is 6.25. The van der Waals surface area contributed by atoms with Crippen molar-refractivity contribution >= 4 is 39.4 Å². The molecule has 0 radical (unpaired) electrons. The molecule has 0 aliphatic carbocycles. The summed E-state index contributed by atoms with van der Waals surface area (Å²) in [4.78, 5) is 26.4. The van der Waals surface area contributed by atoms with Gasteiger partial charge in [-0.3, -0.25) is 14.9 Å². The highest BCUT2D eigenvalue weighted by Crippen LogP contribution is 2.31. The first-order valence-corrected chi connectivity index (χ1v) is 9.16. The van der Waals surface area contributed by atoms with Crippen LogP contribution < -0.4 is 10.2 Å². The number of amides is 2. The second-order valence-corrected chi connectivity index (χ2v) is 6.97. The van der Waals surface area contributed by atoms with Crippen molar-refractivity contribution in [2.75, 3.05) is 16.8 Å². The molecule has 136 valence electrons. The number of carbonyl (C=O) groups excluding carboxylic acids is 2. The third-order valence-corrected chi connectivity index (χ3v) is 5.01. The highest BCUT2D eigenvalue weighted by atomic mass is 79.9. The predicted octanol–water partition coefficient (Wildman–Crippen LogP) is 3.60. The second-order valence-electron chi connectivity index (χ2n) is 6.12. The fourth-order valence-corrected chi connectivity index (χ4v) is 3.46. The number of benzene rings is 2. The van der Waals surface area contributed by atoms with Crippen molar-refractivity contribution in [2.45, 2.75) is 12.3 Å². The molecule has 4 rings (SSSR count). The minimum absolute atomic E-state index is 0.00296. The van der Waals surface area contributed by atoms with Crippen LogP contribution >= 0.6 is 15.9 Å². The Morgan fingerprint density at radius 1 is 1.11 bits per heavy atom. The van der Waals surface area contributed by atoms with Crippen LogP contribution in [0.5, 0.6) is 0 Å². The maximum absolute atomic E-state index is 12.3. The summed E-state index contributed by atoms with van der Waals surface area (Å²) in [7, 11) is 0. The summed E-state index contributed by atoms with van der Waals surface area (Å²) in [6.07, 6.45) is 0.286. The van der Waals surface area contributed by atoms with Crippen LogP contribution in [0.4, 0.5) is 11.7 Å². The Labute approximate surface area is 163 Å². The zero-order chi connectivity index (χ0) is 18.8. The van der Waals surface area contributed by atoms with Gasteiger partial charge in [-0.15, -0.1) is 5.10 Å². The van der Waals surface area contributed by atoms with E-state index in [2.05, 4.69) is 31.4 Å². The standard InChI is InChI=1S/C19H15BrN4O3/c20-15-9-5-4-8-14(15)17(26)21-19-23-22-18(27-19)12-10-16(25)24(11-12)13-6-2-1-3-7-13/h1-9,12H,10-11H2,(H,21,23,26)/t12-/m0/s1. The lowest BCUT2D eigenvalue weighted by atomic mass is 10.1. The van der Waals surface area contributed by atoms with Gasteiger partial charge in [0, 0.05) is 23.1 Å². The van der Waals surface area contributed by atoms with Crippen LogP contribution in [0.3, 0.4) is 0 Å². The fraction of sp³-hybridized carbons (Fsp3) is 0.158. The molecule has 7 nitrogen and oxygen atoms in total. The van der Waals surface area contributed by atoms with E-state index in [0.717, 1.165) is 5.69 Å². The quantitative estimate of drug-likeness (QED) is 0.688. The van der Waals surface area contributed by atoms with Gasteiger partial charge in [-0.2, -0.15) is 0 Å². The van der Waals surface area contributed by atoms with E-state index in [4.69, 9.17) is 4.42 Å².